The molecule has 0 N–H and O–H groups in total. The molecule has 4 nitrogen and oxygen atoms in total. The normalized spacial score (nSPS) is 22.6. The molecular weight excluding hydrogens is 722 g/mol. The van der Waals surface area contributed by atoms with Crippen molar-refractivity contribution in [3.63, 3.8) is 0 Å². The van der Waals surface area contributed by atoms with Crippen molar-refractivity contribution < 1.29 is 49.2 Å². The van der Waals surface area contributed by atoms with Crippen LogP contribution in [0.4, 0.5) is 0 Å². The molecule has 0 unspecified atom stereocenters. The molecule has 0 fully saturated rings. The van der Waals surface area contributed by atoms with Gasteiger partial charge in [0.05, 0.1) is 12.1 Å². The van der Waals surface area contributed by atoms with Crippen LogP contribution < -0.4 is 10.2 Å². The molecule has 3 aromatic carbocycles. The Morgan fingerprint density at radius 2 is 0.841 bits per heavy atom. The van der Waals surface area contributed by atoms with E-state index in [4.69, 9.17) is 0 Å². The summed E-state index contributed by atoms with van der Waals surface area (Å²) in [5, 5.41) is 24.7. The van der Waals surface area contributed by atoms with E-state index in [1.54, 1.807) is 0 Å². The number of allylic oxidation sites excluding steroid dienone is 8. The fraction of sp³-hybridized carbons (Fsp3) is 0.263. The molecule has 4 aliphatic rings. The summed E-state index contributed by atoms with van der Waals surface area (Å²) >= 11 is 0. The smallest absolute Gasteiger partial charge is 0.0721 e. The van der Waals surface area contributed by atoms with E-state index in [9.17, 15) is 10.2 Å². The third kappa shape index (κ3) is 9.91. The van der Waals surface area contributed by atoms with Gasteiger partial charge in [-0.15, -0.1) is 0 Å². The number of hydrogen-bond acceptors (Lipinski definition) is 4. The van der Waals surface area contributed by atoms with Gasteiger partial charge in [0.15, 0.2) is 0 Å². The van der Waals surface area contributed by atoms with E-state index in [0.717, 1.165) is 34.8 Å². The van der Waals surface area contributed by atoms with Gasteiger partial charge in [0.2, 0.25) is 0 Å². The van der Waals surface area contributed by atoms with Gasteiger partial charge in [0.1, 0.15) is 0 Å². The van der Waals surface area contributed by atoms with E-state index >= 15 is 0 Å². The van der Waals surface area contributed by atoms with Crippen molar-refractivity contribution in [2.75, 3.05) is 0 Å². The molecule has 2 atom stereocenters. The molecule has 0 saturated carbocycles. The molecule has 7 rings (SSSR count). The topological polar surface area (TPSA) is 70.8 Å². The van der Waals surface area contributed by atoms with E-state index in [1.807, 2.05) is 74.5 Å². The number of nitrogens with zero attached hydrogens (tertiary/aromatic N) is 2. The Bertz CT molecular complexity index is 1340. The molecule has 0 spiro atoms. The van der Waals surface area contributed by atoms with Crippen LogP contribution in [0.5, 0.6) is 11.5 Å². The molecule has 0 amide bonds. The summed E-state index contributed by atoms with van der Waals surface area (Å²) in [5.74, 6) is 2.76. The van der Waals surface area contributed by atoms with Crippen LogP contribution in [0.2, 0.25) is 0 Å². The van der Waals surface area contributed by atoms with Gasteiger partial charge in [-0.1, -0.05) is 133 Å². The van der Waals surface area contributed by atoms with Gasteiger partial charge in [-0.05, 0) is 72.6 Å². The summed E-state index contributed by atoms with van der Waals surface area (Å²) in [6.07, 6.45) is 24.1. The second-order valence-electron chi connectivity index (χ2n) is 11.3. The first-order valence-electron chi connectivity index (χ1n) is 14.9. The van der Waals surface area contributed by atoms with E-state index in [-0.39, 0.29) is 62.5 Å². The minimum atomic E-state index is -0.238. The second kappa shape index (κ2) is 17.3. The largest absolute Gasteiger partial charge is 0.872 e. The molecule has 2 radical (unpaired) electrons. The number of rotatable bonds is 6. The van der Waals surface area contributed by atoms with Crippen LogP contribution in [-0.2, 0) is 39.0 Å². The minimum Gasteiger partial charge on any atom is -0.872 e. The first-order chi connectivity index (χ1) is 20.4. The van der Waals surface area contributed by atoms with Gasteiger partial charge in [0, 0.05) is 51.4 Å². The molecule has 4 aliphatic carbocycles. The minimum absolute atomic E-state index is 0. The third-order valence-electron chi connectivity index (χ3n) is 8.09. The van der Waals surface area contributed by atoms with Crippen molar-refractivity contribution in [2.45, 2.75) is 38.8 Å². The number of hydrogen-bond donors (Lipinski definition) is 0. The quantitative estimate of drug-likeness (QED) is 0.147. The number of fused-ring (bicyclic) bond motifs is 4. The second-order valence-corrected chi connectivity index (χ2v) is 11.3. The maximum atomic E-state index is 12.4. The van der Waals surface area contributed by atoms with Crippen molar-refractivity contribution in [2.24, 2.45) is 33.7 Å². The van der Waals surface area contributed by atoms with E-state index in [1.165, 1.54) is 37.4 Å². The zero-order valence-electron chi connectivity index (χ0n) is 25.0. The zero-order chi connectivity index (χ0) is 29.3. The van der Waals surface area contributed by atoms with Gasteiger partial charge in [-0.3, -0.25) is 9.98 Å². The molecule has 3 aromatic rings. The number of benzene rings is 3. The van der Waals surface area contributed by atoms with Crippen LogP contribution in [0, 0.1) is 23.7 Å². The van der Waals surface area contributed by atoms with Gasteiger partial charge in [0.25, 0.3) is 0 Å². The van der Waals surface area contributed by atoms with Crippen LogP contribution in [0.3, 0.4) is 0 Å². The van der Waals surface area contributed by atoms with Crippen LogP contribution >= 0.6 is 0 Å². The molecule has 6 heteroatoms. The van der Waals surface area contributed by atoms with Gasteiger partial charge in [-0.2, -0.15) is 0 Å². The predicted molar refractivity (Wildman–Crippen MR) is 170 cm³/mol. The van der Waals surface area contributed by atoms with E-state index in [2.05, 4.69) is 58.6 Å². The molecule has 4 bridgehead atoms. The maximum absolute atomic E-state index is 12.4. The van der Waals surface area contributed by atoms with Crippen LogP contribution in [-0.4, -0.2) is 12.4 Å². The Kier molecular flexibility index (Phi) is 13.9. The van der Waals surface area contributed by atoms with Crippen molar-refractivity contribution in [3.05, 3.63) is 144 Å². The summed E-state index contributed by atoms with van der Waals surface area (Å²) in [5.41, 5.74) is 2.68. The maximum Gasteiger partial charge on any atom is 0.0721 e. The Labute approximate surface area is 287 Å². The Balaban J connectivity index is 0.000000265. The molecule has 44 heavy (non-hydrogen) atoms. The molecule has 0 aromatic heterocycles. The van der Waals surface area contributed by atoms with Crippen LogP contribution in [0.1, 0.15) is 61.0 Å². The molecule has 0 saturated heterocycles. The average molecular weight is 761 g/mol. The Hall–Kier alpha value is -3.19. The van der Waals surface area contributed by atoms with Crippen molar-refractivity contribution >= 4 is 12.4 Å². The summed E-state index contributed by atoms with van der Waals surface area (Å²) in [7, 11) is 0. The molecular formula is C38H38N2O2Rh2-2. The average Bonchev–Trinajstić information content (AvgIpc) is 3.87. The standard InChI is InChI=1S/C24H24N2O2.2C7H8.2Rh/c1-17(19-9-5-3-6-10-19)25-15-21-13-24(28)22(14-23(21)27)16-26-18(2)20-11-7-4-8-12-20;2*1-2-7-4-3-6(1)5-7;;/h3-18,27-28H,1-2H3;2*1-4,6-7H,5H2;;/p-2/t17-,18-;;;;/m1..../s1. The van der Waals surface area contributed by atoms with Crippen molar-refractivity contribution in [1.82, 2.24) is 0 Å². The Morgan fingerprint density at radius 1 is 0.545 bits per heavy atom. The zero-order valence-corrected chi connectivity index (χ0v) is 28.2. The van der Waals surface area contributed by atoms with Crippen LogP contribution in [0.15, 0.2) is 131 Å². The summed E-state index contributed by atoms with van der Waals surface area (Å²) < 4.78 is 0. The van der Waals surface area contributed by atoms with Crippen LogP contribution in [0.25, 0.3) is 0 Å². The first-order valence-corrected chi connectivity index (χ1v) is 14.9. The van der Waals surface area contributed by atoms with Gasteiger partial charge < -0.3 is 10.2 Å². The van der Waals surface area contributed by atoms with Crippen molar-refractivity contribution in [3.8, 4) is 11.5 Å². The summed E-state index contributed by atoms with van der Waals surface area (Å²) in [6.45, 7) is 3.89. The van der Waals surface area contributed by atoms with Gasteiger partial charge in [-0.25, -0.2) is 0 Å². The first kappa shape index (κ1) is 35.3. The predicted octanol–water partition coefficient (Wildman–Crippen LogP) is 7.69. The molecule has 0 heterocycles. The summed E-state index contributed by atoms with van der Waals surface area (Å²) in [4.78, 5) is 8.83. The molecule has 232 valence electrons. The molecule has 0 aliphatic heterocycles. The SMILES string of the molecule is C1=CC2C=CC1C2.C1=CC2C=CC1C2.C[C@@H](N=Cc1cc([O-])c(C=N[C@H](C)c2ccccc2)cc1[O-])c1ccccc1.[Rh].[Rh]. The van der Waals surface area contributed by atoms with E-state index in [0.29, 0.717) is 11.1 Å². The fourth-order valence-electron chi connectivity index (χ4n) is 5.47. The van der Waals surface area contributed by atoms with Crippen molar-refractivity contribution in [1.29, 1.82) is 0 Å². The summed E-state index contributed by atoms with van der Waals surface area (Å²) in [6, 6.07) is 22.1. The number of aliphatic imine (C=N–C) groups is 2. The monoisotopic (exact) mass is 760 g/mol. The van der Waals surface area contributed by atoms with Gasteiger partial charge >= 0.3 is 0 Å². The Morgan fingerprint density at radius 3 is 1.09 bits per heavy atom. The third-order valence-corrected chi connectivity index (χ3v) is 8.09. The fourth-order valence-corrected chi connectivity index (χ4v) is 5.47. The van der Waals surface area contributed by atoms with E-state index < -0.39 is 0 Å².